The standard InChI is InChI=1S/C21H38O4/c1-5-7-8-9-10-14-24-20(22)18-12-13-19(17(15-18)11-6-2)21(23)25-16(3)4/h16-19H,5-15H2,1-4H3. The van der Waals surface area contributed by atoms with Crippen LogP contribution in [0, 0.1) is 17.8 Å². The van der Waals surface area contributed by atoms with E-state index in [2.05, 4.69) is 13.8 Å². The fourth-order valence-corrected chi connectivity index (χ4v) is 3.79. The Bertz CT molecular complexity index is 391. The molecule has 1 aliphatic rings. The Labute approximate surface area is 154 Å². The first-order chi connectivity index (χ1) is 12.0. The summed E-state index contributed by atoms with van der Waals surface area (Å²) in [5.41, 5.74) is 0. The van der Waals surface area contributed by atoms with Crippen LogP contribution in [-0.4, -0.2) is 24.6 Å². The predicted molar refractivity (Wildman–Crippen MR) is 100 cm³/mol. The summed E-state index contributed by atoms with van der Waals surface area (Å²) in [7, 11) is 0. The monoisotopic (exact) mass is 354 g/mol. The van der Waals surface area contributed by atoms with E-state index in [1.807, 2.05) is 13.8 Å². The first-order valence-electron chi connectivity index (χ1n) is 10.4. The van der Waals surface area contributed by atoms with Crippen LogP contribution in [0.3, 0.4) is 0 Å². The quantitative estimate of drug-likeness (QED) is 0.374. The van der Waals surface area contributed by atoms with Gasteiger partial charge in [-0.05, 0) is 51.9 Å². The molecule has 0 radical (unpaired) electrons. The lowest BCUT2D eigenvalue weighted by molar-refractivity contribution is -0.160. The van der Waals surface area contributed by atoms with Gasteiger partial charge in [0, 0.05) is 0 Å². The van der Waals surface area contributed by atoms with E-state index < -0.39 is 0 Å². The molecule has 0 saturated heterocycles. The third kappa shape index (κ3) is 8.24. The molecule has 0 bridgehead atoms. The van der Waals surface area contributed by atoms with E-state index in [-0.39, 0.29) is 35.8 Å². The Morgan fingerprint density at radius 2 is 1.68 bits per heavy atom. The predicted octanol–water partition coefficient (Wildman–Crippen LogP) is 5.28. The Morgan fingerprint density at radius 3 is 2.32 bits per heavy atom. The second kappa shape index (κ2) is 12.3. The average molecular weight is 355 g/mol. The van der Waals surface area contributed by atoms with E-state index in [1.54, 1.807) is 0 Å². The zero-order valence-corrected chi connectivity index (χ0v) is 16.7. The molecule has 0 aromatic heterocycles. The maximum absolute atomic E-state index is 12.4. The molecule has 1 rings (SSSR count). The van der Waals surface area contributed by atoms with Gasteiger partial charge in [-0.25, -0.2) is 0 Å². The molecule has 0 aliphatic heterocycles. The van der Waals surface area contributed by atoms with Crippen LogP contribution in [0.5, 0.6) is 0 Å². The van der Waals surface area contributed by atoms with E-state index >= 15 is 0 Å². The number of rotatable bonds is 11. The third-order valence-corrected chi connectivity index (χ3v) is 5.12. The number of esters is 2. The van der Waals surface area contributed by atoms with Crippen molar-refractivity contribution in [2.45, 2.75) is 98.0 Å². The van der Waals surface area contributed by atoms with Crippen molar-refractivity contribution in [2.75, 3.05) is 6.61 Å². The van der Waals surface area contributed by atoms with Gasteiger partial charge < -0.3 is 9.47 Å². The molecule has 1 aliphatic carbocycles. The molecule has 1 saturated carbocycles. The minimum absolute atomic E-state index is 0.0460. The van der Waals surface area contributed by atoms with Crippen LogP contribution in [0.4, 0.5) is 0 Å². The second-order valence-electron chi connectivity index (χ2n) is 7.73. The molecular formula is C21H38O4. The summed E-state index contributed by atoms with van der Waals surface area (Å²) in [6.45, 7) is 8.63. The molecule has 0 aromatic carbocycles. The molecule has 1 fully saturated rings. The Kier molecular flexibility index (Phi) is 10.8. The number of unbranched alkanes of at least 4 members (excludes halogenated alkanes) is 4. The number of hydrogen-bond donors (Lipinski definition) is 0. The van der Waals surface area contributed by atoms with Gasteiger partial charge in [0.2, 0.25) is 0 Å². The summed E-state index contributed by atoms with van der Waals surface area (Å²) in [6, 6.07) is 0. The van der Waals surface area contributed by atoms with Crippen LogP contribution >= 0.6 is 0 Å². The summed E-state index contributed by atoms with van der Waals surface area (Å²) in [5.74, 6) is -0.00805. The topological polar surface area (TPSA) is 52.6 Å². The van der Waals surface area contributed by atoms with Crippen molar-refractivity contribution in [2.24, 2.45) is 17.8 Å². The highest BCUT2D eigenvalue weighted by molar-refractivity contribution is 5.75. The zero-order chi connectivity index (χ0) is 18.7. The highest BCUT2D eigenvalue weighted by atomic mass is 16.5. The van der Waals surface area contributed by atoms with Gasteiger partial charge in [0.05, 0.1) is 24.5 Å². The largest absolute Gasteiger partial charge is 0.465 e. The molecule has 0 spiro atoms. The smallest absolute Gasteiger partial charge is 0.309 e. The average Bonchev–Trinajstić information content (AvgIpc) is 2.57. The Hall–Kier alpha value is -1.06. The summed E-state index contributed by atoms with van der Waals surface area (Å²) in [6.07, 6.45) is 9.95. The molecule has 25 heavy (non-hydrogen) atoms. The van der Waals surface area contributed by atoms with Gasteiger partial charge in [0.1, 0.15) is 0 Å². The summed E-state index contributed by atoms with van der Waals surface area (Å²) in [5, 5.41) is 0. The molecule has 4 nitrogen and oxygen atoms in total. The maximum atomic E-state index is 12.4. The molecule has 3 atom stereocenters. The van der Waals surface area contributed by atoms with E-state index in [0.717, 1.165) is 44.9 Å². The molecule has 0 aromatic rings. The fourth-order valence-electron chi connectivity index (χ4n) is 3.79. The van der Waals surface area contributed by atoms with Crippen LogP contribution in [0.2, 0.25) is 0 Å². The van der Waals surface area contributed by atoms with Gasteiger partial charge in [0.15, 0.2) is 0 Å². The van der Waals surface area contributed by atoms with Crippen LogP contribution in [0.25, 0.3) is 0 Å². The normalized spacial score (nSPS) is 23.5. The van der Waals surface area contributed by atoms with Crippen LogP contribution in [-0.2, 0) is 19.1 Å². The second-order valence-corrected chi connectivity index (χ2v) is 7.73. The van der Waals surface area contributed by atoms with Gasteiger partial charge in [-0.1, -0.05) is 46.0 Å². The van der Waals surface area contributed by atoms with Gasteiger partial charge in [-0.2, -0.15) is 0 Å². The molecule has 3 unspecified atom stereocenters. The third-order valence-electron chi connectivity index (χ3n) is 5.12. The highest BCUT2D eigenvalue weighted by Crippen LogP contribution is 2.38. The van der Waals surface area contributed by atoms with Gasteiger partial charge in [0.25, 0.3) is 0 Å². The first kappa shape index (κ1) is 22.0. The SMILES string of the molecule is CCCCCCCOC(=O)C1CCC(C(=O)OC(C)C)C(CCC)C1. The van der Waals surface area contributed by atoms with Crippen molar-refractivity contribution in [3.63, 3.8) is 0 Å². The first-order valence-corrected chi connectivity index (χ1v) is 10.4. The minimum Gasteiger partial charge on any atom is -0.465 e. The van der Waals surface area contributed by atoms with Crippen molar-refractivity contribution >= 4 is 11.9 Å². The van der Waals surface area contributed by atoms with Crippen LogP contribution in [0.1, 0.15) is 91.9 Å². The Balaban J connectivity index is 2.42. The van der Waals surface area contributed by atoms with Gasteiger partial charge in [-0.3, -0.25) is 9.59 Å². The highest BCUT2D eigenvalue weighted by Gasteiger charge is 2.38. The van der Waals surface area contributed by atoms with Crippen molar-refractivity contribution in [3.05, 3.63) is 0 Å². The molecule has 0 heterocycles. The molecule has 146 valence electrons. The number of carbonyl (C=O) groups excluding carboxylic acids is 2. The minimum atomic E-state index is -0.0869. The lowest BCUT2D eigenvalue weighted by atomic mass is 9.72. The molecule has 0 N–H and O–H groups in total. The van der Waals surface area contributed by atoms with Crippen LogP contribution < -0.4 is 0 Å². The Morgan fingerprint density at radius 1 is 0.960 bits per heavy atom. The van der Waals surface area contributed by atoms with E-state index in [0.29, 0.717) is 6.61 Å². The van der Waals surface area contributed by atoms with E-state index in [1.165, 1.54) is 19.3 Å². The lowest BCUT2D eigenvalue weighted by Crippen LogP contribution is -2.36. The molecular weight excluding hydrogens is 316 g/mol. The van der Waals surface area contributed by atoms with Gasteiger partial charge in [-0.15, -0.1) is 0 Å². The summed E-state index contributed by atoms with van der Waals surface area (Å²) < 4.78 is 10.9. The van der Waals surface area contributed by atoms with Crippen molar-refractivity contribution in [1.82, 2.24) is 0 Å². The summed E-state index contributed by atoms with van der Waals surface area (Å²) >= 11 is 0. The van der Waals surface area contributed by atoms with E-state index in [4.69, 9.17) is 9.47 Å². The van der Waals surface area contributed by atoms with E-state index in [9.17, 15) is 9.59 Å². The van der Waals surface area contributed by atoms with Crippen molar-refractivity contribution < 1.29 is 19.1 Å². The van der Waals surface area contributed by atoms with Gasteiger partial charge >= 0.3 is 11.9 Å². The molecule has 0 amide bonds. The molecule has 4 heteroatoms. The fraction of sp³-hybridized carbons (Fsp3) is 0.905. The van der Waals surface area contributed by atoms with Crippen molar-refractivity contribution in [1.29, 1.82) is 0 Å². The number of ether oxygens (including phenoxy) is 2. The summed E-state index contributed by atoms with van der Waals surface area (Å²) in [4.78, 5) is 24.7. The maximum Gasteiger partial charge on any atom is 0.309 e. The lowest BCUT2D eigenvalue weighted by Gasteiger charge is -2.34. The number of carbonyl (C=O) groups is 2. The zero-order valence-electron chi connectivity index (χ0n) is 16.7. The van der Waals surface area contributed by atoms with Crippen molar-refractivity contribution in [3.8, 4) is 0 Å². The number of hydrogen-bond acceptors (Lipinski definition) is 4. The van der Waals surface area contributed by atoms with Crippen LogP contribution in [0.15, 0.2) is 0 Å².